The van der Waals surface area contributed by atoms with E-state index < -0.39 is 32.8 Å². The van der Waals surface area contributed by atoms with E-state index >= 15 is 4.39 Å². The lowest BCUT2D eigenvalue weighted by molar-refractivity contribution is -0.0122. The van der Waals surface area contributed by atoms with E-state index in [1.165, 1.54) is 22.1 Å². The predicted molar refractivity (Wildman–Crippen MR) is 122 cm³/mol. The molecule has 0 aliphatic carbocycles. The van der Waals surface area contributed by atoms with Gasteiger partial charge in [-0.3, -0.25) is 14.3 Å². The number of hydrogen-bond acceptors (Lipinski definition) is 6. The standard InChI is InChI=1S/C22H25FN5O3P/c1-5-11-27(21(29)15-9-7-6-8-10-15)19-17-20(25-12-24-19)28(13-26-17)22-16(23)18(14(2)30-22)31-32(3)4/h5-10,12-14,16,18,22H,1,11H2,2-4H3/t14-,16-,18-,22?/m1/s1/i2D. The average molecular weight is 458 g/mol. The summed E-state index contributed by atoms with van der Waals surface area (Å²) in [4.78, 5) is 27.6. The van der Waals surface area contributed by atoms with Crippen molar-refractivity contribution in [1.29, 1.82) is 0 Å². The van der Waals surface area contributed by atoms with Gasteiger partial charge in [0.25, 0.3) is 5.91 Å². The summed E-state index contributed by atoms with van der Waals surface area (Å²) < 4.78 is 36.2. The third-order valence-corrected chi connectivity index (χ3v) is 5.71. The van der Waals surface area contributed by atoms with Gasteiger partial charge in [0.05, 0.1) is 12.4 Å². The zero-order chi connectivity index (χ0) is 23.5. The third kappa shape index (κ3) is 4.16. The van der Waals surface area contributed by atoms with Gasteiger partial charge in [-0.1, -0.05) is 24.3 Å². The van der Waals surface area contributed by atoms with E-state index in [2.05, 4.69) is 21.5 Å². The molecule has 0 spiro atoms. The van der Waals surface area contributed by atoms with Crippen LogP contribution < -0.4 is 4.90 Å². The van der Waals surface area contributed by atoms with Crippen LogP contribution in [0.2, 0.25) is 0 Å². The van der Waals surface area contributed by atoms with Gasteiger partial charge in [-0.05, 0) is 32.4 Å². The van der Waals surface area contributed by atoms with Gasteiger partial charge in [0.2, 0.25) is 0 Å². The number of hydrogen-bond donors (Lipinski definition) is 0. The number of aromatic nitrogens is 4. The van der Waals surface area contributed by atoms with E-state index in [1.54, 1.807) is 30.3 Å². The van der Waals surface area contributed by atoms with Crippen LogP contribution in [0.25, 0.3) is 11.2 Å². The van der Waals surface area contributed by atoms with Gasteiger partial charge in [-0.2, -0.15) is 0 Å². The van der Waals surface area contributed by atoms with Crippen molar-refractivity contribution < 1.29 is 19.8 Å². The van der Waals surface area contributed by atoms with Gasteiger partial charge < -0.3 is 9.26 Å². The fourth-order valence-electron chi connectivity index (χ4n) is 3.64. The van der Waals surface area contributed by atoms with Crippen LogP contribution in [0.1, 0.15) is 24.9 Å². The van der Waals surface area contributed by atoms with Crippen molar-refractivity contribution in [2.75, 3.05) is 24.8 Å². The number of halogens is 1. The van der Waals surface area contributed by atoms with Gasteiger partial charge in [0.1, 0.15) is 12.4 Å². The number of carbonyl (C=O) groups excluding carboxylic acids is 1. The van der Waals surface area contributed by atoms with Crippen LogP contribution >= 0.6 is 8.15 Å². The molecule has 8 nitrogen and oxygen atoms in total. The maximum absolute atomic E-state index is 15.4. The minimum Gasteiger partial charge on any atom is -0.351 e. The Balaban J connectivity index is 1.72. The summed E-state index contributed by atoms with van der Waals surface area (Å²) in [5.41, 5.74) is 1.14. The van der Waals surface area contributed by atoms with Crippen molar-refractivity contribution in [2.24, 2.45) is 0 Å². The highest BCUT2D eigenvalue weighted by Crippen LogP contribution is 2.41. The molecule has 3 aromatic rings. The lowest BCUT2D eigenvalue weighted by atomic mass is 10.2. The van der Waals surface area contributed by atoms with E-state index in [4.69, 9.17) is 10.6 Å². The number of carbonyl (C=O) groups is 1. The second-order valence-electron chi connectivity index (χ2n) is 7.48. The number of nitrogens with zero attached hydrogens (tertiary/aromatic N) is 5. The summed E-state index contributed by atoms with van der Waals surface area (Å²) in [7, 11) is -0.837. The quantitative estimate of drug-likeness (QED) is 0.394. The molecule has 1 aliphatic rings. The van der Waals surface area contributed by atoms with E-state index in [1.807, 2.05) is 19.4 Å². The first-order valence-corrected chi connectivity index (χ1v) is 12.2. The summed E-state index contributed by atoms with van der Waals surface area (Å²) in [6.07, 6.45) is 0.220. The first kappa shape index (κ1) is 21.1. The molecule has 1 amide bonds. The summed E-state index contributed by atoms with van der Waals surface area (Å²) in [5.74, 6) is 0.0175. The summed E-state index contributed by atoms with van der Waals surface area (Å²) in [6.45, 7) is 7.57. The first-order valence-electron chi connectivity index (χ1n) is 10.7. The molecule has 0 saturated carbocycles. The van der Waals surface area contributed by atoms with Crippen molar-refractivity contribution in [1.82, 2.24) is 19.5 Å². The second-order valence-corrected chi connectivity index (χ2v) is 9.32. The minimum atomic E-state index is -1.50. The highest BCUT2D eigenvalue weighted by Gasteiger charge is 2.46. The molecule has 4 rings (SSSR count). The number of benzene rings is 1. The topological polar surface area (TPSA) is 82.4 Å². The molecule has 2 aromatic heterocycles. The first-order chi connectivity index (χ1) is 16.0. The van der Waals surface area contributed by atoms with Gasteiger partial charge in [-0.25, -0.2) is 19.3 Å². The number of amides is 1. The Morgan fingerprint density at radius 3 is 2.84 bits per heavy atom. The molecule has 1 saturated heterocycles. The maximum atomic E-state index is 15.4. The van der Waals surface area contributed by atoms with E-state index in [9.17, 15) is 4.79 Å². The summed E-state index contributed by atoms with van der Waals surface area (Å²) >= 11 is 0. The summed E-state index contributed by atoms with van der Waals surface area (Å²) in [5, 5.41) is 0. The van der Waals surface area contributed by atoms with Gasteiger partial charge in [0.15, 0.2) is 29.4 Å². The van der Waals surface area contributed by atoms with Crippen LogP contribution in [0.15, 0.2) is 55.6 Å². The molecule has 0 radical (unpaired) electrons. The average Bonchev–Trinajstić information content (AvgIpc) is 3.38. The molecule has 0 N–H and O–H groups in total. The SMILES string of the molecule is [2H]C[C@H]1OC(n2cnc3c(N(CC=C)C(=O)c4ccccc4)ncnc32)[C@H](F)[C@@H]1OP(C)C. The van der Waals surface area contributed by atoms with E-state index in [0.29, 0.717) is 16.7 Å². The van der Waals surface area contributed by atoms with Gasteiger partial charge >= 0.3 is 0 Å². The Kier molecular flexibility index (Phi) is 6.21. The summed E-state index contributed by atoms with van der Waals surface area (Å²) in [6, 6.07) is 8.82. The zero-order valence-electron chi connectivity index (χ0n) is 18.8. The van der Waals surface area contributed by atoms with Crippen molar-refractivity contribution in [3.05, 3.63) is 61.2 Å². The molecule has 168 valence electrons. The van der Waals surface area contributed by atoms with Crippen molar-refractivity contribution in [3.8, 4) is 0 Å². The lowest BCUT2D eigenvalue weighted by Crippen LogP contribution is -2.32. The van der Waals surface area contributed by atoms with Crippen LogP contribution in [-0.2, 0) is 9.26 Å². The number of rotatable bonds is 7. The molecule has 0 bridgehead atoms. The number of ether oxygens (including phenoxy) is 1. The van der Waals surface area contributed by atoms with Gasteiger partial charge in [0, 0.05) is 21.6 Å². The highest BCUT2D eigenvalue weighted by atomic mass is 31.1. The molecule has 32 heavy (non-hydrogen) atoms. The molecule has 4 atom stereocenters. The Morgan fingerprint density at radius 2 is 2.16 bits per heavy atom. The van der Waals surface area contributed by atoms with E-state index in [0.717, 1.165) is 0 Å². The molecule has 1 unspecified atom stereocenters. The number of anilines is 1. The van der Waals surface area contributed by atoms with Crippen molar-refractivity contribution >= 4 is 31.0 Å². The third-order valence-electron chi connectivity index (χ3n) is 5.05. The minimum absolute atomic E-state index is 0.129. The molecule has 1 aromatic carbocycles. The maximum Gasteiger partial charge on any atom is 0.259 e. The number of imidazole rings is 1. The van der Waals surface area contributed by atoms with Gasteiger partial charge in [-0.15, -0.1) is 6.58 Å². The lowest BCUT2D eigenvalue weighted by Gasteiger charge is -2.21. The van der Waals surface area contributed by atoms with Crippen LogP contribution in [0.3, 0.4) is 0 Å². The number of alkyl halides is 1. The van der Waals surface area contributed by atoms with Crippen LogP contribution in [0.5, 0.6) is 0 Å². The molecule has 10 heteroatoms. The van der Waals surface area contributed by atoms with Crippen molar-refractivity contribution in [2.45, 2.75) is 31.5 Å². The largest absolute Gasteiger partial charge is 0.351 e. The Hall–Kier alpha value is -2.74. The molecule has 3 heterocycles. The van der Waals surface area contributed by atoms with E-state index in [-0.39, 0.29) is 25.2 Å². The predicted octanol–water partition coefficient (Wildman–Crippen LogP) is 3.96. The number of fused-ring (bicyclic) bond motifs is 1. The molecular formula is C22H25FN5O3P. The second kappa shape index (κ2) is 9.40. The fourth-order valence-corrected chi connectivity index (χ4v) is 4.38. The van der Waals surface area contributed by atoms with Crippen LogP contribution in [-0.4, -0.2) is 63.7 Å². The molecule has 1 fully saturated rings. The Labute approximate surface area is 188 Å². The molecule has 1 aliphatic heterocycles. The normalized spacial score (nSPS) is 23.4. The van der Waals surface area contributed by atoms with Crippen LogP contribution in [0.4, 0.5) is 10.2 Å². The van der Waals surface area contributed by atoms with Crippen LogP contribution in [0, 0.1) is 0 Å². The smallest absolute Gasteiger partial charge is 0.259 e. The fraction of sp³-hybridized carbons (Fsp3) is 0.364. The zero-order valence-corrected chi connectivity index (χ0v) is 18.7. The monoisotopic (exact) mass is 458 g/mol. The Morgan fingerprint density at radius 1 is 1.38 bits per heavy atom. The highest BCUT2D eigenvalue weighted by molar-refractivity contribution is 7.50. The molecular weight excluding hydrogens is 432 g/mol. The Bertz CT molecular complexity index is 1130. The van der Waals surface area contributed by atoms with Crippen molar-refractivity contribution in [3.63, 3.8) is 0 Å².